The van der Waals surface area contributed by atoms with E-state index in [-0.39, 0.29) is 93.5 Å². The van der Waals surface area contributed by atoms with Crippen molar-refractivity contribution in [3.63, 3.8) is 0 Å². The Hall–Kier alpha value is -4.36. The van der Waals surface area contributed by atoms with Crippen molar-refractivity contribution in [1.82, 2.24) is 19.8 Å². The minimum absolute atomic E-state index is 0.00154. The fourth-order valence-corrected chi connectivity index (χ4v) is 9.82. The van der Waals surface area contributed by atoms with Crippen LogP contribution in [0.1, 0.15) is 63.5 Å². The van der Waals surface area contributed by atoms with Crippen molar-refractivity contribution in [3.05, 3.63) is 41.0 Å². The summed E-state index contributed by atoms with van der Waals surface area (Å²) in [7, 11) is 0. The van der Waals surface area contributed by atoms with Crippen LogP contribution in [0, 0.1) is 28.9 Å². The van der Waals surface area contributed by atoms with E-state index in [1.54, 1.807) is 16.7 Å². The third-order valence-corrected chi connectivity index (χ3v) is 12.6. The molecule has 5 heterocycles. The topological polar surface area (TPSA) is 112 Å². The number of halogens is 6. The number of nitriles is 1. The SMILES string of the molecule is CCN(c1nc(OC[C@@]23CCCN2C[C@H](F)C3)nc2c(F)c(-c3ccc(F)c4sc(N)c(C#N)c34)c(C(F)(F)F)cc12)[C@@H]1CCN(C(=O)C2CC2)[C@H]1C. The smallest absolute Gasteiger partial charge is 0.417 e. The van der Waals surface area contributed by atoms with Crippen LogP contribution in [0.15, 0.2) is 18.2 Å². The molecule has 4 fully saturated rings. The largest absolute Gasteiger partial charge is 0.461 e. The Morgan fingerprint density at radius 3 is 2.68 bits per heavy atom. The number of nitrogen functional groups attached to an aromatic ring is 1. The van der Waals surface area contributed by atoms with Gasteiger partial charge in [-0.25, -0.2) is 13.2 Å². The number of rotatable bonds is 8. The Bertz CT molecular complexity index is 2190. The van der Waals surface area contributed by atoms with Crippen molar-refractivity contribution in [2.75, 3.05) is 43.4 Å². The summed E-state index contributed by atoms with van der Waals surface area (Å²) in [6, 6.07) is 3.56. The Balaban J connectivity index is 1.33. The second-order valence-corrected chi connectivity index (χ2v) is 15.7. The molecule has 53 heavy (non-hydrogen) atoms. The van der Waals surface area contributed by atoms with Crippen molar-refractivity contribution in [3.8, 4) is 23.2 Å². The van der Waals surface area contributed by atoms with Gasteiger partial charge >= 0.3 is 12.2 Å². The van der Waals surface area contributed by atoms with E-state index in [2.05, 4.69) is 9.97 Å². The molecular formula is C37H37F6N7O2S. The zero-order chi connectivity index (χ0) is 37.6. The van der Waals surface area contributed by atoms with Gasteiger partial charge in [0.1, 0.15) is 41.0 Å². The van der Waals surface area contributed by atoms with Crippen LogP contribution in [-0.4, -0.2) is 82.3 Å². The number of hydrogen-bond acceptors (Lipinski definition) is 9. The number of anilines is 2. The van der Waals surface area contributed by atoms with Crippen LogP contribution >= 0.6 is 11.3 Å². The molecule has 16 heteroatoms. The van der Waals surface area contributed by atoms with E-state index in [0.717, 1.165) is 37.5 Å². The number of carbonyl (C=O) groups excluding carboxylic acids is 1. The van der Waals surface area contributed by atoms with Gasteiger partial charge in [-0.2, -0.15) is 28.4 Å². The minimum Gasteiger partial charge on any atom is -0.461 e. The van der Waals surface area contributed by atoms with Gasteiger partial charge in [-0.3, -0.25) is 9.69 Å². The Labute approximate surface area is 305 Å². The predicted molar refractivity (Wildman–Crippen MR) is 188 cm³/mol. The second-order valence-electron chi connectivity index (χ2n) is 14.6. The number of carbonyl (C=O) groups is 1. The van der Waals surface area contributed by atoms with Crippen LogP contribution in [0.4, 0.5) is 37.2 Å². The number of likely N-dealkylation sites (tertiary alicyclic amines) is 1. The van der Waals surface area contributed by atoms with E-state index < -0.39 is 46.2 Å². The number of hydrogen-bond donors (Lipinski definition) is 1. The van der Waals surface area contributed by atoms with Gasteiger partial charge in [0.15, 0.2) is 5.82 Å². The summed E-state index contributed by atoms with van der Waals surface area (Å²) in [4.78, 5) is 27.8. The van der Waals surface area contributed by atoms with Crippen molar-refractivity contribution < 1.29 is 35.9 Å². The van der Waals surface area contributed by atoms with Crippen LogP contribution in [0.3, 0.4) is 0 Å². The fraction of sp³-hybridized carbons (Fsp3) is 0.514. The maximum absolute atomic E-state index is 17.3. The normalized spacial score (nSPS) is 24.7. The molecule has 8 rings (SSSR count). The predicted octanol–water partition coefficient (Wildman–Crippen LogP) is 7.44. The summed E-state index contributed by atoms with van der Waals surface area (Å²) in [5, 5.41) is 9.30. The minimum atomic E-state index is -5.12. The lowest BCUT2D eigenvalue weighted by Crippen LogP contribution is -2.46. The molecule has 0 unspecified atom stereocenters. The standard InChI is InChI=1S/C37H37F6N7O2S/c1-3-49(26-9-12-50(18(26)2)34(51)19-5-6-19)33-22-13-24(37(41,42)43)28(21-7-8-25(39)31-27(21)23(15-44)32(45)53-31)29(40)30(22)46-35(47-33)52-17-36-10-4-11-48(36)16-20(38)14-36/h7-8,13,18-20,26H,3-6,9-12,14,16-17,45H2,1-2H3/t18-,20+,26+,36-/m0/s1. The van der Waals surface area contributed by atoms with E-state index in [1.165, 1.54) is 0 Å². The van der Waals surface area contributed by atoms with Gasteiger partial charge in [0, 0.05) is 54.4 Å². The molecule has 2 aromatic carbocycles. The average molecular weight is 758 g/mol. The average Bonchev–Trinajstić information content (AvgIpc) is 3.52. The summed E-state index contributed by atoms with van der Waals surface area (Å²) < 4.78 is 98.4. The molecule has 3 saturated heterocycles. The highest BCUT2D eigenvalue weighted by Gasteiger charge is 2.50. The van der Waals surface area contributed by atoms with Gasteiger partial charge in [-0.05, 0) is 70.2 Å². The molecule has 4 aliphatic rings. The molecule has 4 aromatic rings. The summed E-state index contributed by atoms with van der Waals surface area (Å²) >= 11 is 0.687. The first-order valence-electron chi connectivity index (χ1n) is 17.9. The number of alkyl halides is 4. The number of ether oxygens (including phenoxy) is 1. The lowest BCUT2D eigenvalue weighted by atomic mass is 9.92. The zero-order valence-electron chi connectivity index (χ0n) is 29.1. The summed E-state index contributed by atoms with van der Waals surface area (Å²) in [5.41, 5.74) is 1.97. The number of thiophene rings is 1. The molecule has 1 saturated carbocycles. The van der Waals surface area contributed by atoms with Crippen molar-refractivity contribution in [1.29, 1.82) is 5.26 Å². The van der Waals surface area contributed by atoms with Gasteiger partial charge in [0.05, 0.1) is 27.4 Å². The van der Waals surface area contributed by atoms with E-state index >= 15 is 22.0 Å². The number of amides is 1. The molecule has 2 N–H and O–H groups in total. The summed E-state index contributed by atoms with van der Waals surface area (Å²) in [5.74, 6) is -2.17. The Morgan fingerprint density at radius 2 is 1.98 bits per heavy atom. The van der Waals surface area contributed by atoms with Crippen molar-refractivity contribution in [2.24, 2.45) is 5.92 Å². The highest BCUT2D eigenvalue weighted by Crippen LogP contribution is 2.49. The first-order valence-corrected chi connectivity index (χ1v) is 18.7. The number of aromatic nitrogens is 2. The lowest BCUT2D eigenvalue weighted by Gasteiger charge is -2.35. The number of fused-ring (bicyclic) bond motifs is 3. The number of nitrogens with zero attached hydrogens (tertiary/aromatic N) is 6. The van der Waals surface area contributed by atoms with Gasteiger partial charge in [-0.15, -0.1) is 11.3 Å². The van der Waals surface area contributed by atoms with Crippen molar-refractivity contribution >= 4 is 49.1 Å². The number of benzene rings is 2. The van der Waals surface area contributed by atoms with Crippen LogP contribution in [0.5, 0.6) is 6.01 Å². The first kappa shape index (κ1) is 35.7. The maximum Gasteiger partial charge on any atom is 0.417 e. The molecule has 1 aliphatic carbocycles. The maximum atomic E-state index is 17.3. The third kappa shape index (κ3) is 5.81. The lowest BCUT2D eigenvalue weighted by molar-refractivity contribution is -0.137. The van der Waals surface area contributed by atoms with Gasteiger partial charge < -0.3 is 20.3 Å². The fourth-order valence-electron chi connectivity index (χ4n) is 8.87. The molecule has 2 aromatic heterocycles. The van der Waals surface area contributed by atoms with Gasteiger partial charge in [-0.1, -0.05) is 6.07 Å². The van der Waals surface area contributed by atoms with Crippen LogP contribution < -0.4 is 15.4 Å². The number of likely N-dealkylation sites (N-methyl/N-ethyl adjacent to an activating group) is 1. The monoisotopic (exact) mass is 757 g/mol. The summed E-state index contributed by atoms with van der Waals surface area (Å²) in [6.45, 7) is 5.32. The second kappa shape index (κ2) is 12.9. The molecule has 0 radical (unpaired) electrons. The molecule has 280 valence electrons. The molecule has 9 nitrogen and oxygen atoms in total. The highest BCUT2D eigenvalue weighted by molar-refractivity contribution is 7.23. The number of nitrogens with two attached hydrogens (primary N) is 1. The third-order valence-electron chi connectivity index (χ3n) is 11.6. The molecule has 1 amide bonds. The molecule has 0 bridgehead atoms. The van der Waals surface area contributed by atoms with Gasteiger partial charge in [0.25, 0.3) is 0 Å². The molecule has 4 atom stereocenters. The van der Waals surface area contributed by atoms with E-state index in [0.29, 0.717) is 37.3 Å². The molecule has 3 aliphatic heterocycles. The quantitative estimate of drug-likeness (QED) is 0.185. The highest BCUT2D eigenvalue weighted by atomic mass is 32.1. The van der Waals surface area contributed by atoms with Gasteiger partial charge in [0.2, 0.25) is 5.91 Å². The van der Waals surface area contributed by atoms with Crippen LogP contribution in [0.2, 0.25) is 0 Å². The zero-order valence-corrected chi connectivity index (χ0v) is 29.9. The Kier molecular flexibility index (Phi) is 8.68. The van der Waals surface area contributed by atoms with E-state index in [9.17, 15) is 14.4 Å². The Morgan fingerprint density at radius 1 is 1.21 bits per heavy atom. The van der Waals surface area contributed by atoms with Crippen LogP contribution in [0.25, 0.3) is 32.1 Å². The van der Waals surface area contributed by atoms with Crippen molar-refractivity contribution in [2.45, 2.75) is 82.3 Å². The van der Waals surface area contributed by atoms with Crippen LogP contribution in [-0.2, 0) is 11.0 Å². The summed E-state index contributed by atoms with van der Waals surface area (Å²) in [6.07, 6.45) is -2.29. The molecular weight excluding hydrogens is 721 g/mol. The van der Waals surface area contributed by atoms with E-state index in [1.807, 2.05) is 17.9 Å². The van der Waals surface area contributed by atoms with E-state index in [4.69, 9.17) is 10.5 Å². The first-order chi connectivity index (χ1) is 25.3. The molecule has 0 spiro atoms.